The summed E-state index contributed by atoms with van der Waals surface area (Å²) in [5, 5.41) is 13.2. The summed E-state index contributed by atoms with van der Waals surface area (Å²) in [5.74, 6) is 0.301. The van der Waals surface area contributed by atoms with Crippen LogP contribution < -0.4 is 0 Å². The fourth-order valence-corrected chi connectivity index (χ4v) is 1.86. The van der Waals surface area contributed by atoms with Crippen LogP contribution in [0, 0.1) is 0 Å². The maximum atomic E-state index is 12.4. The molecule has 0 aliphatic rings. The Morgan fingerprint density at radius 3 is 2.89 bits per heavy atom. The molecule has 0 fully saturated rings. The van der Waals surface area contributed by atoms with Gasteiger partial charge in [0, 0.05) is 13.2 Å². The van der Waals surface area contributed by atoms with Crippen LogP contribution in [0.2, 0.25) is 0 Å². The van der Waals surface area contributed by atoms with Gasteiger partial charge in [0.05, 0.1) is 23.9 Å². The molecule has 1 N–H and O–H groups in total. The number of aliphatic hydroxyl groups excluding tert-OH is 1. The van der Waals surface area contributed by atoms with Crippen molar-refractivity contribution in [2.24, 2.45) is 0 Å². The molecule has 7 heteroatoms. The van der Waals surface area contributed by atoms with E-state index < -0.39 is 0 Å². The minimum Gasteiger partial charge on any atom is -0.394 e. The van der Waals surface area contributed by atoms with Crippen LogP contribution in [-0.2, 0) is 6.42 Å². The number of likely N-dealkylation sites (N-methyl/N-ethyl adjacent to an activating group) is 1. The lowest BCUT2D eigenvalue weighted by molar-refractivity contribution is 0.0680. The minimum absolute atomic E-state index is 0.0807. The highest BCUT2D eigenvalue weighted by atomic mass is 16.3. The van der Waals surface area contributed by atoms with Gasteiger partial charge in [-0.05, 0) is 13.3 Å². The molecule has 0 aromatic carbocycles. The normalized spacial score (nSPS) is 12.6. The van der Waals surface area contributed by atoms with Crippen LogP contribution in [0.15, 0.2) is 12.5 Å². The van der Waals surface area contributed by atoms with Crippen molar-refractivity contribution in [1.29, 1.82) is 0 Å². The van der Waals surface area contributed by atoms with Gasteiger partial charge in [0.2, 0.25) is 0 Å². The Balaban J connectivity index is 2.47. The molecule has 1 amide bonds. The van der Waals surface area contributed by atoms with Gasteiger partial charge in [-0.25, -0.2) is 9.50 Å². The number of rotatable bonds is 4. The first-order valence-electron chi connectivity index (χ1n) is 6.15. The van der Waals surface area contributed by atoms with Crippen LogP contribution >= 0.6 is 0 Å². The largest absolute Gasteiger partial charge is 0.394 e. The first-order valence-corrected chi connectivity index (χ1v) is 6.15. The van der Waals surface area contributed by atoms with E-state index >= 15 is 0 Å². The Morgan fingerprint density at radius 2 is 2.26 bits per heavy atom. The SMILES string of the molecule is CCc1c(C(=O)N(C)C(C)CO)cnc2ncnn12. The zero-order chi connectivity index (χ0) is 14.0. The Hall–Kier alpha value is -2.02. The fourth-order valence-electron chi connectivity index (χ4n) is 1.86. The summed E-state index contributed by atoms with van der Waals surface area (Å²) in [5.41, 5.74) is 1.26. The van der Waals surface area contributed by atoms with Gasteiger partial charge in [-0.1, -0.05) is 6.92 Å². The average molecular weight is 263 g/mol. The highest BCUT2D eigenvalue weighted by Crippen LogP contribution is 2.13. The molecule has 1 unspecified atom stereocenters. The van der Waals surface area contributed by atoms with Gasteiger partial charge in [0.25, 0.3) is 11.7 Å². The summed E-state index contributed by atoms with van der Waals surface area (Å²) >= 11 is 0. The second-order valence-electron chi connectivity index (χ2n) is 4.39. The quantitative estimate of drug-likeness (QED) is 0.848. The molecule has 0 saturated carbocycles. The molecule has 2 aromatic rings. The Kier molecular flexibility index (Phi) is 3.75. The van der Waals surface area contributed by atoms with Crippen LogP contribution in [0.1, 0.15) is 29.9 Å². The van der Waals surface area contributed by atoms with Crippen molar-refractivity contribution in [2.45, 2.75) is 26.3 Å². The van der Waals surface area contributed by atoms with E-state index in [4.69, 9.17) is 5.11 Å². The standard InChI is InChI=1S/C12H17N5O2/c1-4-10-9(11(19)16(3)8(2)6-18)5-13-12-14-7-15-17(10)12/h5,7-8,18H,4,6H2,1-3H3. The van der Waals surface area contributed by atoms with Gasteiger partial charge in [-0.3, -0.25) is 4.79 Å². The number of aliphatic hydroxyl groups is 1. The summed E-state index contributed by atoms with van der Waals surface area (Å²) < 4.78 is 1.57. The lowest BCUT2D eigenvalue weighted by atomic mass is 10.1. The van der Waals surface area contributed by atoms with Gasteiger partial charge >= 0.3 is 0 Å². The molecule has 0 radical (unpaired) electrons. The summed E-state index contributed by atoms with van der Waals surface area (Å²) in [6, 6.07) is -0.247. The van der Waals surface area contributed by atoms with E-state index in [1.807, 2.05) is 6.92 Å². The van der Waals surface area contributed by atoms with E-state index in [1.165, 1.54) is 17.4 Å². The molecule has 102 valence electrons. The maximum Gasteiger partial charge on any atom is 0.257 e. The van der Waals surface area contributed by atoms with Crippen molar-refractivity contribution in [3.05, 3.63) is 23.8 Å². The zero-order valence-electron chi connectivity index (χ0n) is 11.2. The van der Waals surface area contributed by atoms with E-state index in [0.29, 0.717) is 17.8 Å². The van der Waals surface area contributed by atoms with Crippen molar-refractivity contribution in [3.63, 3.8) is 0 Å². The van der Waals surface area contributed by atoms with E-state index in [0.717, 1.165) is 5.69 Å². The van der Waals surface area contributed by atoms with Gasteiger partial charge in [0.1, 0.15) is 6.33 Å². The third-order valence-corrected chi connectivity index (χ3v) is 3.22. The highest BCUT2D eigenvalue weighted by molar-refractivity contribution is 5.95. The molecular weight excluding hydrogens is 246 g/mol. The molecule has 2 heterocycles. The van der Waals surface area contributed by atoms with Crippen molar-refractivity contribution in [2.75, 3.05) is 13.7 Å². The Morgan fingerprint density at radius 1 is 1.53 bits per heavy atom. The molecule has 7 nitrogen and oxygen atoms in total. The Labute approximate surface area is 110 Å². The van der Waals surface area contributed by atoms with Crippen LogP contribution in [0.5, 0.6) is 0 Å². The van der Waals surface area contributed by atoms with Gasteiger partial charge in [-0.15, -0.1) is 0 Å². The number of carbonyl (C=O) groups excluding carboxylic acids is 1. The first kappa shape index (κ1) is 13.4. The van der Waals surface area contributed by atoms with Crippen LogP contribution in [-0.4, -0.2) is 55.2 Å². The molecule has 0 spiro atoms. The number of hydrogen-bond acceptors (Lipinski definition) is 5. The fraction of sp³-hybridized carbons (Fsp3) is 0.500. The van der Waals surface area contributed by atoms with Gasteiger partial charge < -0.3 is 10.0 Å². The third kappa shape index (κ3) is 2.28. The number of nitrogens with zero attached hydrogens (tertiary/aromatic N) is 5. The molecular formula is C12H17N5O2. The van der Waals surface area contributed by atoms with Gasteiger partial charge in [0.15, 0.2) is 0 Å². The molecule has 0 aliphatic carbocycles. The molecule has 2 rings (SSSR count). The summed E-state index contributed by atoms with van der Waals surface area (Å²) in [7, 11) is 1.66. The summed E-state index contributed by atoms with van der Waals surface area (Å²) in [6.45, 7) is 3.65. The summed E-state index contributed by atoms with van der Waals surface area (Å²) in [6.07, 6.45) is 3.58. The van der Waals surface area contributed by atoms with E-state index in [-0.39, 0.29) is 18.6 Å². The van der Waals surface area contributed by atoms with Crippen LogP contribution in [0.25, 0.3) is 5.78 Å². The number of aromatic nitrogens is 4. The number of fused-ring (bicyclic) bond motifs is 1. The first-order chi connectivity index (χ1) is 9.10. The minimum atomic E-state index is -0.247. The van der Waals surface area contributed by atoms with E-state index in [9.17, 15) is 4.79 Å². The van der Waals surface area contributed by atoms with E-state index in [1.54, 1.807) is 18.5 Å². The monoisotopic (exact) mass is 263 g/mol. The second kappa shape index (κ2) is 5.31. The zero-order valence-corrected chi connectivity index (χ0v) is 11.2. The lowest BCUT2D eigenvalue weighted by Crippen LogP contribution is -2.38. The summed E-state index contributed by atoms with van der Waals surface area (Å²) in [4.78, 5) is 22.0. The predicted octanol–water partition coefficient (Wildman–Crippen LogP) is 0.140. The van der Waals surface area contributed by atoms with Crippen molar-refractivity contribution in [1.82, 2.24) is 24.5 Å². The number of carbonyl (C=O) groups is 1. The number of aryl methyl sites for hydroxylation is 1. The van der Waals surface area contributed by atoms with Crippen molar-refractivity contribution in [3.8, 4) is 0 Å². The van der Waals surface area contributed by atoms with Gasteiger partial charge in [-0.2, -0.15) is 10.1 Å². The molecule has 0 bridgehead atoms. The van der Waals surface area contributed by atoms with Crippen molar-refractivity contribution < 1.29 is 9.90 Å². The molecule has 1 atom stereocenters. The second-order valence-corrected chi connectivity index (χ2v) is 4.39. The lowest BCUT2D eigenvalue weighted by Gasteiger charge is -2.24. The average Bonchev–Trinajstić information content (AvgIpc) is 2.91. The highest BCUT2D eigenvalue weighted by Gasteiger charge is 2.21. The topological polar surface area (TPSA) is 83.6 Å². The maximum absolute atomic E-state index is 12.4. The Bertz CT molecular complexity index is 595. The molecule has 2 aromatic heterocycles. The molecule has 19 heavy (non-hydrogen) atoms. The smallest absolute Gasteiger partial charge is 0.257 e. The van der Waals surface area contributed by atoms with Crippen LogP contribution in [0.3, 0.4) is 0 Å². The van der Waals surface area contributed by atoms with Crippen molar-refractivity contribution >= 4 is 11.7 Å². The molecule has 0 aliphatic heterocycles. The van der Waals surface area contributed by atoms with E-state index in [2.05, 4.69) is 15.1 Å². The predicted molar refractivity (Wildman–Crippen MR) is 68.8 cm³/mol. The number of hydrogen-bond donors (Lipinski definition) is 1. The van der Waals surface area contributed by atoms with Crippen LogP contribution in [0.4, 0.5) is 0 Å². The molecule has 0 saturated heterocycles. The third-order valence-electron chi connectivity index (χ3n) is 3.22. The number of amides is 1.